The maximum absolute atomic E-state index is 12.2. The summed E-state index contributed by atoms with van der Waals surface area (Å²) >= 11 is 0. The normalized spacial score (nSPS) is 10.3. The van der Waals surface area contributed by atoms with E-state index in [1.165, 1.54) is 24.5 Å². The fraction of sp³-hybridized carbons (Fsp3) is 0.267. The highest BCUT2D eigenvalue weighted by Gasteiger charge is 2.14. The number of nitro benzene ring substituents is 1. The van der Waals surface area contributed by atoms with Crippen molar-refractivity contribution in [3.8, 4) is 11.4 Å². The molecule has 0 saturated heterocycles. The molecule has 1 aromatic heterocycles. The zero-order valence-corrected chi connectivity index (χ0v) is 12.4. The molecule has 0 atom stereocenters. The molecule has 0 spiro atoms. The van der Waals surface area contributed by atoms with Gasteiger partial charge in [-0.05, 0) is 13.8 Å². The molecule has 2 rings (SSSR count). The maximum Gasteiger partial charge on any atom is 0.270 e. The number of benzene rings is 1. The molecule has 0 aliphatic heterocycles. The van der Waals surface area contributed by atoms with Crippen LogP contribution in [0.1, 0.15) is 24.2 Å². The van der Waals surface area contributed by atoms with Crippen molar-refractivity contribution in [3.63, 3.8) is 0 Å². The molecule has 0 aliphatic carbocycles. The SMILES string of the molecule is CCN(CC)C(=O)c1cnc(-c2cccc([N+](=O)[O-])c2)nc1. The van der Waals surface area contributed by atoms with Crippen LogP contribution in [0, 0.1) is 10.1 Å². The summed E-state index contributed by atoms with van der Waals surface area (Å²) in [6, 6.07) is 6.07. The van der Waals surface area contributed by atoms with E-state index in [-0.39, 0.29) is 11.6 Å². The molecule has 7 heteroatoms. The Balaban J connectivity index is 2.27. The lowest BCUT2D eigenvalue weighted by molar-refractivity contribution is -0.384. The van der Waals surface area contributed by atoms with Crippen LogP contribution in [-0.4, -0.2) is 38.8 Å². The third-order valence-corrected chi connectivity index (χ3v) is 3.26. The number of nitro groups is 1. The van der Waals surface area contributed by atoms with Crippen molar-refractivity contribution in [2.45, 2.75) is 13.8 Å². The molecule has 0 saturated carbocycles. The van der Waals surface area contributed by atoms with Crippen LogP contribution >= 0.6 is 0 Å². The van der Waals surface area contributed by atoms with Gasteiger partial charge in [0.15, 0.2) is 5.82 Å². The molecule has 7 nitrogen and oxygen atoms in total. The molecule has 0 unspecified atom stereocenters. The van der Waals surface area contributed by atoms with E-state index >= 15 is 0 Å². The molecule has 114 valence electrons. The summed E-state index contributed by atoms with van der Waals surface area (Å²) in [5, 5.41) is 10.8. The molecule has 0 fully saturated rings. The largest absolute Gasteiger partial charge is 0.339 e. The van der Waals surface area contributed by atoms with Crippen molar-refractivity contribution in [2.24, 2.45) is 0 Å². The number of non-ortho nitro benzene ring substituents is 1. The second-order valence-electron chi connectivity index (χ2n) is 4.58. The minimum Gasteiger partial charge on any atom is -0.339 e. The Bertz CT molecular complexity index is 681. The van der Waals surface area contributed by atoms with E-state index in [9.17, 15) is 14.9 Å². The van der Waals surface area contributed by atoms with Crippen molar-refractivity contribution < 1.29 is 9.72 Å². The second kappa shape index (κ2) is 6.75. The number of aromatic nitrogens is 2. The van der Waals surface area contributed by atoms with Gasteiger partial charge in [-0.25, -0.2) is 9.97 Å². The van der Waals surface area contributed by atoms with E-state index in [0.717, 1.165) is 0 Å². The Hall–Kier alpha value is -2.83. The van der Waals surface area contributed by atoms with Gasteiger partial charge in [0.25, 0.3) is 11.6 Å². The van der Waals surface area contributed by atoms with E-state index in [2.05, 4.69) is 9.97 Å². The summed E-state index contributed by atoms with van der Waals surface area (Å²) in [6.07, 6.45) is 2.89. The minimum absolute atomic E-state index is 0.0237. The van der Waals surface area contributed by atoms with Crippen LogP contribution < -0.4 is 0 Å². The van der Waals surface area contributed by atoms with Gasteiger partial charge >= 0.3 is 0 Å². The van der Waals surface area contributed by atoms with Crippen molar-refractivity contribution in [3.05, 3.63) is 52.3 Å². The van der Waals surface area contributed by atoms with Crippen LogP contribution in [0.15, 0.2) is 36.7 Å². The van der Waals surface area contributed by atoms with Crippen LogP contribution in [0.2, 0.25) is 0 Å². The highest BCUT2D eigenvalue weighted by Crippen LogP contribution is 2.20. The molecule has 1 aromatic carbocycles. The number of carbonyl (C=O) groups is 1. The van der Waals surface area contributed by atoms with Crippen LogP contribution in [0.5, 0.6) is 0 Å². The first-order chi connectivity index (χ1) is 10.6. The highest BCUT2D eigenvalue weighted by atomic mass is 16.6. The number of carbonyl (C=O) groups excluding carboxylic acids is 1. The zero-order chi connectivity index (χ0) is 16.1. The van der Waals surface area contributed by atoms with Gasteiger partial charge in [0, 0.05) is 43.2 Å². The van der Waals surface area contributed by atoms with Crippen molar-refractivity contribution in [1.82, 2.24) is 14.9 Å². The van der Waals surface area contributed by atoms with E-state index in [4.69, 9.17) is 0 Å². The second-order valence-corrected chi connectivity index (χ2v) is 4.58. The van der Waals surface area contributed by atoms with Gasteiger partial charge in [0.1, 0.15) is 0 Å². The molecule has 0 aliphatic rings. The average Bonchev–Trinajstić information content (AvgIpc) is 2.56. The Kier molecular flexibility index (Phi) is 4.77. The summed E-state index contributed by atoms with van der Waals surface area (Å²) in [5.41, 5.74) is 0.915. The van der Waals surface area contributed by atoms with Gasteiger partial charge in [-0.1, -0.05) is 12.1 Å². The van der Waals surface area contributed by atoms with Gasteiger partial charge in [-0.2, -0.15) is 0 Å². The number of nitrogens with zero attached hydrogens (tertiary/aromatic N) is 4. The highest BCUT2D eigenvalue weighted by molar-refractivity contribution is 5.93. The van der Waals surface area contributed by atoms with Gasteiger partial charge in [-0.3, -0.25) is 14.9 Å². The van der Waals surface area contributed by atoms with E-state index in [0.29, 0.717) is 30.0 Å². The molecule has 0 bridgehead atoms. The molecule has 0 radical (unpaired) electrons. The molecule has 1 heterocycles. The van der Waals surface area contributed by atoms with Gasteiger partial charge in [-0.15, -0.1) is 0 Å². The Morgan fingerprint density at radius 1 is 1.23 bits per heavy atom. The summed E-state index contributed by atoms with van der Waals surface area (Å²) < 4.78 is 0. The first-order valence-electron chi connectivity index (χ1n) is 6.93. The lowest BCUT2D eigenvalue weighted by Gasteiger charge is -2.18. The van der Waals surface area contributed by atoms with Crippen LogP contribution in [0.4, 0.5) is 5.69 Å². The fourth-order valence-corrected chi connectivity index (χ4v) is 2.04. The molecular weight excluding hydrogens is 284 g/mol. The quantitative estimate of drug-likeness (QED) is 0.625. The smallest absolute Gasteiger partial charge is 0.270 e. The first kappa shape index (κ1) is 15.6. The van der Waals surface area contributed by atoms with E-state index in [1.54, 1.807) is 17.0 Å². The summed E-state index contributed by atoms with van der Waals surface area (Å²) in [5.74, 6) is 0.218. The summed E-state index contributed by atoms with van der Waals surface area (Å²) in [4.78, 5) is 32.4. The summed E-state index contributed by atoms with van der Waals surface area (Å²) in [7, 11) is 0. The predicted molar refractivity (Wildman–Crippen MR) is 81.4 cm³/mol. The molecular formula is C15H16N4O3. The Morgan fingerprint density at radius 2 is 1.86 bits per heavy atom. The van der Waals surface area contributed by atoms with Crippen molar-refractivity contribution in [2.75, 3.05) is 13.1 Å². The van der Waals surface area contributed by atoms with Gasteiger partial charge in [0.05, 0.1) is 10.5 Å². The number of hydrogen-bond donors (Lipinski definition) is 0. The van der Waals surface area contributed by atoms with Crippen LogP contribution in [0.25, 0.3) is 11.4 Å². The monoisotopic (exact) mass is 300 g/mol. The summed E-state index contributed by atoms with van der Waals surface area (Å²) in [6.45, 7) is 5.03. The molecule has 22 heavy (non-hydrogen) atoms. The number of hydrogen-bond acceptors (Lipinski definition) is 5. The topological polar surface area (TPSA) is 89.2 Å². The third-order valence-electron chi connectivity index (χ3n) is 3.26. The molecule has 1 amide bonds. The zero-order valence-electron chi connectivity index (χ0n) is 12.4. The fourth-order valence-electron chi connectivity index (χ4n) is 2.04. The third kappa shape index (κ3) is 3.25. The van der Waals surface area contributed by atoms with E-state index in [1.807, 2.05) is 13.8 Å². The van der Waals surface area contributed by atoms with Crippen LogP contribution in [0.3, 0.4) is 0 Å². The predicted octanol–water partition coefficient (Wildman–Crippen LogP) is 2.53. The lowest BCUT2D eigenvalue weighted by atomic mass is 10.2. The maximum atomic E-state index is 12.2. The first-order valence-corrected chi connectivity index (χ1v) is 6.93. The average molecular weight is 300 g/mol. The van der Waals surface area contributed by atoms with E-state index < -0.39 is 4.92 Å². The van der Waals surface area contributed by atoms with Crippen molar-refractivity contribution in [1.29, 1.82) is 0 Å². The standard InChI is InChI=1S/C15H16N4O3/c1-3-18(4-2)15(20)12-9-16-14(17-10-12)11-6-5-7-13(8-11)19(21)22/h5-10H,3-4H2,1-2H3. The Labute approximate surface area is 127 Å². The lowest BCUT2D eigenvalue weighted by Crippen LogP contribution is -2.30. The van der Waals surface area contributed by atoms with Crippen molar-refractivity contribution >= 4 is 11.6 Å². The van der Waals surface area contributed by atoms with Gasteiger partial charge in [0.2, 0.25) is 0 Å². The number of amides is 1. The molecule has 0 N–H and O–H groups in total. The number of rotatable bonds is 5. The van der Waals surface area contributed by atoms with Gasteiger partial charge < -0.3 is 4.90 Å². The Morgan fingerprint density at radius 3 is 2.41 bits per heavy atom. The minimum atomic E-state index is -0.470. The van der Waals surface area contributed by atoms with Crippen LogP contribution in [-0.2, 0) is 0 Å². The molecule has 2 aromatic rings.